The van der Waals surface area contributed by atoms with Crippen molar-refractivity contribution in [1.82, 2.24) is 19.9 Å². The molecule has 11 heteroatoms. The summed E-state index contributed by atoms with van der Waals surface area (Å²) < 4.78 is 27.8. The van der Waals surface area contributed by atoms with Crippen molar-refractivity contribution in [1.29, 1.82) is 0 Å². The van der Waals surface area contributed by atoms with Gasteiger partial charge >= 0.3 is 0 Å². The van der Waals surface area contributed by atoms with Gasteiger partial charge in [0, 0.05) is 18.7 Å². The molecule has 0 amide bonds. The zero-order valence-electron chi connectivity index (χ0n) is 19.9. The van der Waals surface area contributed by atoms with Crippen LogP contribution in [-0.4, -0.2) is 61.4 Å². The quantitative estimate of drug-likeness (QED) is 0.361. The van der Waals surface area contributed by atoms with E-state index >= 15 is 0 Å². The number of aryl methyl sites for hydroxylation is 1. The van der Waals surface area contributed by atoms with Gasteiger partial charge in [-0.3, -0.25) is 4.98 Å². The van der Waals surface area contributed by atoms with Crippen molar-refractivity contribution in [2.75, 3.05) is 17.2 Å². The molecule has 4 N–H and O–H groups in total. The highest BCUT2D eigenvalue weighted by molar-refractivity contribution is 7.21. The predicted molar refractivity (Wildman–Crippen MR) is 132 cm³/mol. The summed E-state index contributed by atoms with van der Waals surface area (Å²) in [5.74, 6) is 0.304. The summed E-state index contributed by atoms with van der Waals surface area (Å²) in [5.41, 5.74) is 3.20. The summed E-state index contributed by atoms with van der Waals surface area (Å²) in [6.07, 6.45) is -1.63. The van der Waals surface area contributed by atoms with Gasteiger partial charge in [-0.2, -0.15) is 4.98 Å². The number of nitrogens with zero attached hydrogens (tertiary/aromatic N) is 4. The number of nitrogens with one attached hydrogen (secondary N) is 2. The molecule has 35 heavy (non-hydrogen) atoms. The Labute approximate surface area is 206 Å². The molecule has 0 bridgehead atoms. The van der Waals surface area contributed by atoms with E-state index in [1.807, 2.05) is 13.0 Å². The molecule has 0 saturated heterocycles. The lowest BCUT2D eigenvalue weighted by atomic mass is 10.1. The summed E-state index contributed by atoms with van der Waals surface area (Å²) in [6, 6.07) is 1.15. The monoisotopic (exact) mass is 504 g/mol. The van der Waals surface area contributed by atoms with E-state index in [0.29, 0.717) is 46.4 Å². The molecule has 2 aliphatic rings. The lowest BCUT2D eigenvalue weighted by molar-refractivity contribution is -0.0333. The molecule has 2 saturated carbocycles. The summed E-state index contributed by atoms with van der Waals surface area (Å²) in [5, 5.41) is 27.7. The number of fused-ring (bicyclic) bond motifs is 1. The predicted octanol–water partition coefficient (Wildman–Crippen LogP) is 4.19. The third-order valence-corrected chi connectivity index (χ3v) is 7.68. The van der Waals surface area contributed by atoms with Crippen LogP contribution in [0.2, 0.25) is 0 Å². The van der Waals surface area contributed by atoms with Crippen LogP contribution >= 0.6 is 11.3 Å². The maximum absolute atomic E-state index is 13.4. The fourth-order valence-corrected chi connectivity index (χ4v) is 5.65. The van der Waals surface area contributed by atoms with E-state index in [0.717, 1.165) is 28.8 Å². The summed E-state index contributed by atoms with van der Waals surface area (Å²) in [7, 11) is 0. The van der Waals surface area contributed by atoms with E-state index < -0.39 is 30.6 Å². The Balaban J connectivity index is 1.55. The molecule has 3 heterocycles. The number of hydrogen-bond acceptors (Lipinski definition) is 9. The van der Waals surface area contributed by atoms with Crippen molar-refractivity contribution in [3.63, 3.8) is 0 Å². The van der Waals surface area contributed by atoms with Crippen molar-refractivity contribution in [2.45, 2.75) is 70.6 Å². The lowest BCUT2D eigenvalue weighted by Crippen LogP contribution is -2.36. The molecule has 0 aromatic carbocycles. The first-order valence-corrected chi connectivity index (χ1v) is 12.8. The summed E-state index contributed by atoms with van der Waals surface area (Å²) in [4.78, 5) is 18.7. The highest BCUT2D eigenvalue weighted by atomic mass is 32.1. The number of anilines is 2. The molecule has 0 spiro atoms. The smallest absolute Gasteiger partial charge is 0.244 e. The number of aliphatic hydroxyl groups is 2. The van der Waals surface area contributed by atoms with E-state index in [9.17, 15) is 19.0 Å². The van der Waals surface area contributed by atoms with Crippen LogP contribution in [0.15, 0.2) is 12.3 Å². The van der Waals surface area contributed by atoms with Crippen LogP contribution in [0.4, 0.5) is 20.5 Å². The van der Waals surface area contributed by atoms with Crippen LogP contribution in [0.3, 0.4) is 0 Å². The summed E-state index contributed by atoms with van der Waals surface area (Å²) >= 11 is 1.50. The highest BCUT2D eigenvalue weighted by Gasteiger charge is 2.46. The van der Waals surface area contributed by atoms with E-state index in [4.69, 9.17) is 4.98 Å². The third-order valence-electron chi connectivity index (χ3n) is 6.64. The fraction of sp³-hybridized carbons (Fsp3) is 0.583. The van der Waals surface area contributed by atoms with Crippen molar-refractivity contribution in [3.8, 4) is 10.6 Å². The van der Waals surface area contributed by atoms with E-state index in [2.05, 4.69) is 39.4 Å². The van der Waals surface area contributed by atoms with Crippen LogP contribution in [0.5, 0.6) is 0 Å². The Kier molecular flexibility index (Phi) is 6.58. The zero-order chi connectivity index (χ0) is 24.9. The zero-order valence-corrected chi connectivity index (χ0v) is 20.7. The second kappa shape index (κ2) is 9.51. The minimum absolute atomic E-state index is 0.0765. The number of alkyl halides is 2. The summed E-state index contributed by atoms with van der Waals surface area (Å²) in [6.45, 7) is 6.66. The lowest BCUT2D eigenvalue weighted by Gasteiger charge is -2.21. The minimum Gasteiger partial charge on any atom is -0.390 e. The van der Waals surface area contributed by atoms with Gasteiger partial charge in [0.15, 0.2) is 0 Å². The number of hydrogen-bond donors (Lipinski definition) is 4. The first kappa shape index (κ1) is 24.2. The molecule has 3 aromatic rings. The second-order valence-corrected chi connectivity index (χ2v) is 11.0. The average Bonchev–Trinajstić information content (AvgIpc) is 3.50. The van der Waals surface area contributed by atoms with Crippen LogP contribution in [0.1, 0.15) is 50.4 Å². The topological polar surface area (TPSA) is 116 Å². The Morgan fingerprint density at radius 1 is 1.14 bits per heavy atom. The largest absolute Gasteiger partial charge is 0.390 e. The van der Waals surface area contributed by atoms with Crippen LogP contribution < -0.4 is 10.6 Å². The maximum Gasteiger partial charge on any atom is 0.244 e. The van der Waals surface area contributed by atoms with Gasteiger partial charge in [-0.25, -0.2) is 18.7 Å². The van der Waals surface area contributed by atoms with Gasteiger partial charge in [-0.05, 0) is 38.2 Å². The number of pyridine rings is 1. The van der Waals surface area contributed by atoms with E-state index in [1.165, 1.54) is 11.3 Å². The number of rotatable bonds is 8. The highest BCUT2D eigenvalue weighted by Crippen LogP contribution is 2.44. The Bertz CT molecular complexity index is 1220. The fourth-order valence-electron chi connectivity index (χ4n) is 4.58. The molecule has 3 aromatic heterocycles. The molecule has 5 rings (SSSR count). The standard InChI is InChI=1S/C24H30F2N6O2S/c1-10(2)9-28-24-29-11(3)16(22(32-24)30-14-8-13(21(25)26)19(33)20(14)34)23-31-18-15(35-23)6-7-27-17(18)12-4-5-12/h6-7,10,12-14,19-21,33-34H,4-5,8-9H2,1-3H3,(H2,28,29,30,32)/t13-,14+,19+,20-/m0/s1. The number of thiazole rings is 1. The molecule has 8 nitrogen and oxygen atoms in total. The van der Waals surface area contributed by atoms with Crippen LogP contribution in [-0.2, 0) is 0 Å². The first-order chi connectivity index (χ1) is 16.7. The Morgan fingerprint density at radius 3 is 2.57 bits per heavy atom. The molecule has 2 aliphatic carbocycles. The van der Waals surface area contributed by atoms with Crippen molar-refractivity contribution >= 4 is 33.3 Å². The van der Waals surface area contributed by atoms with Crippen molar-refractivity contribution in [3.05, 3.63) is 23.7 Å². The number of halogens is 2. The van der Waals surface area contributed by atoms with Crippen LogP contribution in [0, 0.1) is 18.8 Å². The maximum atomic E-state index is 13.4. The molecule has 188 valence electrons. The van der Waals surface area contributed by atoms with Gasteiger partial charge in [0.25, 0.3) is 0 Å². The van der Waals surface area contributed by atoms with Crippen molar-refractivity contribution in [2.24, 2.45) is 11.8 Å². The molecule has 0 unspecified atom stereocenters. The molecule has 0 radical (unpaired) electrons. The van der Waals surface area contributed by atoms with E-state index in [-0.39, 0.29) is 6.42 Å². The van der Waals surface area contributed by atoms with Crippen molar-refractivity contribution < 1.29 is 19.0 Å². The number of aliphatic hydroxyl groups excluding tert-OH is 2. The Morgan fingerprint density at radius 2 is 1.91 bits per heavy atom. The molecule has 0 aliphatic heterocycles. The van der Waals surface area contributed by atoms with Gasteiger partial charge in [0.1, 0.15) is 22.4 Å². The first-order valence-electron chi connectivity index (χ1n) is 12.0. The third kappa shape index (κ3) is 4.81. The number of aromatic nitrogens is 4. The van der Waals surface area contributed by atoms with Gasteiger partial charge in [-0.15, -0.1) is 11.3 Å². The average molecular weight is 505 g/mol. The second-order valence-electron chi connectivity index (χ2n) is 9.93. The minimum atomic E-state index is -2.72. The normalized spacial score (nSPS) is 24.6. The van der Waals surface area contributed by atoms with Gasteiger partial charge in [0.05, 0.1) is 39.7 Å². The molecular formula is C24H30F2N6O2S. The molecular weight excluding hydrogens is 474 g/mol. The van der Waals surface area contributed by atoms with Gasteiger partial charge in [0.2, 0.25) is 12.4 Å². The van der Waals surface area contributed by atoms with Gasteiger partial charge < -0.3 is 20.8 Å². The van der Waals surface area contributed by atoms with E-state index in [1.54, 1.807) is 6.20 Å². The SMILES string of the molecule is Cc1nc(NCC(C)C)nc(N[C@@H]2C[C@H](C(F)F)[C@@H](O)[C@H]2O)c1-c1nc2c(C3CC3)nccc2s1. The Hall–Kier alpha value is -2.50. The molecule has 2 fully saturated rings. The van der Waals surface area contributed by atoms with Gasteiger partial charge in [-0.1, -0.05) is 13.8 Å². The van der Waals surface area contributed by atoms with Crippen LogP contribution in [0.25, 0.3) is 20.8 Å². The molecule has 4 atom stereocenters.